The van der Waals surface area contributed by atoms with Crippen molar-refractivity contribution >= 4 is 0 Å². The topological polar surface area (TPSA) is 32.7 Å². The first-order valence-corrected chi connectivity index (χ1v) is 5.19. The smallest absolute Gasteiger partial charge is 0.119 e. The Morgan fingerprint density at radius 2 is 2.13 bits per heavy atom. The zero-order chi connectivity index (χ0) is 11.0. The van der Waals surface area contributed by atoms with Gasteiger partial charge in [-0.1, -0.05) is 6.07 Å². The Labute approximate surface area is 90.3 Å². The average Bonchev–Trinajstić information content (AvgIpc) is 2.25. The fraction of sp³-hybridized carbons (Fsp3) is 0.500. The molecule has 1 aliphatic heterocycles. The molecule has 3 nitrogen and oxygen atoms in total. The molecule has 82 valence electrons. The number of nitrogens with zero attached hydrogens (tertiary/aromatic N) is 1. The van der Waals surface area contributed by atoms with Crippen molar-refractivity contribution in [3.8, 4) is 5.75 Å². The van der Waals surface area contributed by atoms with Gasteiger partial charge in [0.25, 0.3) is 0 Å². The van der Waals surface area contributed by atoms with Crippen molar-refractivity contribution in [2.45, 2.75) is 19.1 Å². The molecule has 0 spiro atoms. The Hall–Kier alpha value is -1.06. The molecule has 1 aromatic rings. The van der Waals surface area contributed by atoms with Gasteiger partial charge in [0.2, 0.25) is 0 Å². The quantitative estimate of drug-likeness (QED) is 0.761. The van der Waals surface area contributed by atoms with Crippen molar-refractivity contribution in [3.63, 3.8) is 0 Å². The Kier molecular flexibility index (Phi) is 2.67. The number of ether oxygens (including phenoxy) is 1. The number of benzene rings is 1. The standard InChI is InChI=1S/C12H17NO2/c1-8-11-6-9(15-3)4-5-10(11)12(14)7-13(8)2/h4-6,8,12,14H,7H2,1-3H3/t8-,12+/m1/s1. The zero-order valence-electron chi connectivity index (χ0n) is 9.40. The lowest BCUT2D eigenvalue weighted by atomic mass is 9.92. The third-order valence-corrected chi connectivity index (χ3v) is 3.23. The molecule has 15 heavy (non-hydrogen) atoms. The van der Waals surface area contributed by atoms with Gasteiger partial charge in [-0.2, -0.15) is 0 Å². The molecule has 2 atom stereocenters. The first-order chi connectivity index (χ1) is 7.13. The molecule has 3 heteroatoms. The van der Waals surface area contributed by atoms with Crippen LogP contribution in [0.15, 0.2) is 18.2 Å². The second-order valence-electron chi connectivity index (χ2n) is 4.13. The van der Waals surface area contributed by atoms with E-state index >= 15 is 0 Å². The minimum Gasteiger partial charge on any atom is -0.497 e. The molecule has 0 amide bonds. The summed E-state index contributed by atoms with van der Waals surface area (Å²) in [5.74, 6) is 0.850. The predicted octanol–water partition coefficient (Wildman–Crippen LogP) is 1.73. The highest BCUT2D eigenvalue weighted by Gasteiger charge is 2.27. The van der Waals surface area contributed by atoms with Gasteiger partial charge in [0.15, 0.2) is 0 Å². The fourth-order valence-corrected chi connectivity index (χ4v) is 2.11. The van der Waals surface area contributed by atoms with E-state index in [0.29, 0.717) is 12.6 Å². The monoisotopic (exact) mass is 207 g/mol. The van der Waals surface area contributed by atoms with Crippen molar-refractivity contribution in [2.24, 2.45) is 0 Å². The Morgan fingerprint density at radius 1 is 1.40 bits per heavy atom. The summed E-state index contributed by atoms with van der Waals surface area (Å²) >= 11 is 0. The van der Waals surface area contributed by atoms with Crippen LogP contribution in [-0.4, -0.2) is 30.7 Å². The SMILES string of the molecule is COc1ccc2c(c1)[C@@H](C)N(C)C[C@@H]2O. The molecular weight excluding hydrogens is 190 g/mol. The van der Waals surface area contributed by atoms with Crippen LogP contribution in [-0.2, 0) is 0 Å². The van der Waals surface area contributed by atoms with E-state index < -0.39 is 0 Å². The van der Waals surface area contributed by atoms with Gasteiger partial charge in [0.05, 0.1) is 13.2 Å². The molecule has 2 rings (SSSR count). The van der Waals surface area contributed by atoms with E-state index in [-0.39, 0.29) is 6.10 Å². The molecule has 0 aliphatic carbocycles. The van der Waals surface area contributed by atoms with Crippen LogP contribution in [0.3, 0.4) is 0 Å². The molecule has 0 bridgehead atoms. The van der Waals surface area contributed by atoms with Gasteiger partial charge in [-0.25, -0.2) is 0 Å². The van der Waals surface area contributed by atoms with Crippen LogP contribution in [0.4, 0.5) is 0 Å². The molecule has 1 aromatic carbocycles. The summed E-state index contributed by atoms with van der Waals surface area (Å²) < 4.78 is 5.20. The highest BCUT2D eigenvalue weighted by Crippen LogP contribution is 2.35. The predicted molar refractivity (Wildman–Crippen MR) is 59.0 cm³/mol. The van der Waals surface area contributed by atoms with Gasteiger partial charge in [0.1, 0.15) is 5.75 Å². The Morgan fingerprint density at radius 3 is 2.80 bits per heavy atom. The molecular formula is C12H17NO2. The molecule has 1 N–H and O–H groups in total. The fourth-order valence-electron chi connectivity index (χ4n) is 2.11. The molecule has 0 fully saturated rings. The van der Waals surface area contributed by atoms with Gasteiger partial charge in [-0.3, -0.25) is 4.90 Å². The number of fused-ring (bicyclic) bond motifs is 1. The molecule has 0 radical (unpaired) electrons. The van der Waals surface area contributed by atoms with Crippen LogP contribution in [0.5, 0.6) is 5.75 Å². The number of aliphatic hydroxyl groups is 1. The highest BCUT2D eigenvalue weighted by atomic mass is 16.5. The van der Waals surface area contributed by atoms with E-state index in [0.717, 1.165) is 16.9 Å². The van der Waals surface area contributed by atoms with Gasteiger partial charge >= 0.3 is 0 Å². The molecule has 1 aliphatic rings. The normalized spacial score (nSPS) is 26.1. The minimum absolute atomic E-state index is 0.332. The summed E-state index contributed by atoms with van der Waals surface area (Å²) in [6, 6.07) is 6.21. The van der Waals surface area contributed by atoms with Gasteiger partial charge in [-0.15, -0.1) is 0 Å². The van der Waals surface area contributed by atoms with Crippen molar-refractivity contribution < 1.29 is 9.84 Å². The maximum atomic E-state index is 9.93. The first-order valence-electron chi connectivity index (χ1n) is 5.19. The maximum absolute atomic E-state index is 9.93. The molecule has 1 heterocycles. The Balaban J connectivity index is 2.47. The Bertz CT molecular complexity index is 365. The molecule has 0 aromatic heterocycles. The van der Waals surface area contributed by atoms with E-state index in [1.807, 2.05) is 25.2 Å². The van der Waals surface area contributed by atoms with Crippen LogP contribution in [0, 0.1) is 0 Å². The lowest BCUT2D eigenvalue weighted by Gasteiger charge is -2.35. The number of likely N-dealkylation sites (N-methyl/N-ethyl adjacent to an activating group) is 1. The number of aliphatic hydroxyl groups excluding tert-OH is 1. The van der Waals surface area contributed by atoms with Crippen LogP contribution < -0.4 is 4.74 Å². The summed E-state index contributed by atoms with van der Waals surface area (Å²) in [4.78, 5) is 2.15. The van der Waals surface area contributed by atoms with Crippen LogP contribution in [0.25, 0.3) is 0 Å². The summed E-state index contributed by atoms with van der Waals surface area (Å²) in [6.45, 7) is 2.84. The number of hydrogen-bond donors (Lipinski definition) is 1. The molecule has 0 unspecified atom stereocenters. The van der Waals surface area contributed by atoms with E-state index in [1.54, 1.807) is 7.11 Å². The van der Waals surface area contributed by atoms with E-state index in [4.69, 9.17) is 4.74 Å². The molecule has 0 saturated carbocycles. The summed E-state index contributed by atoms with van der Waals surface area (Å²) in [7, 11) is 3.69. The van der Waals surface area contributed by atoms with Crippen molar-refractivity contribution in [3.05, 3.63) is 29.3 Å². The second kappa shape index (κ2) is 3.83. The number of methoxy groups -OCH3 is 1. The van der Waals surface area contributed by atoms with Gasteiger partial charge in [-0.05, 0) is 37.2 Å². The zero-order valence-corrected chi connectivity index (χ0v) is 9.40. The van der Waals surface area contributed by atoms with Crippen LogP contribution in [0.2, 0.25) is 0 Å². The largest absolute Gasteiger partial charge is 0.497 e. The number of β-amino-alcohol motifs (C(OH)–C–C–N with tert-alkyl or cyclic N) is 1. The average molecular weight is 207 g/mol. The van der Waals surface area contributed by atoms with Gasteiger partial charge < -0.3 is 9.84 Å². The van der Waals surface area contributed by atoms with Crippen molar-refractivity contribution in [1.82, 2.24) is 4.90 Å². The lowest BCUT2D eigenvalue weighted by molar-refractivity contribution is 0.0888. The lowest BCUT2D eigenvalue weighted by Crippen LogP contribution is -2.33. The van der Waals surface area contributed by atoms with Crippen LogP contribution in [0.1, 0.15) is 30.2 Å². The van der Waals surface area contributed by atoms with Gasteiger partial charge in [0, 0.05) is 12.6 Å². The van der Waals surface area contributed by atoms with Crippen molar-refractivity contribution in [1.29, 1.82) is 0 Å². The van der Waals surface area contributed by atoms with E-state index in [2.05, 4.69) is 11.8 Å². The second-order valence-corrected chi connectivity index (χ2v) is 4.13. The van der Waals surface area contributed by atoms with Crippen LogP contribution >= 0.6 is 0 Å². The van der Waals surface area contributed by atoms with E-state index in [9.17, 15) is 5.11 Å². The maximum Gasteiger partial charge on any atom is 0.119 e. The first kappa shape index (κ1) is 10.5. The molecule has 0 saturated heterocycles. The third-order valence-electron chi connectivity index (χ3n) is 3.23. The summed E-state index contributed by atoms with van der Waals surface area (Å²) in [5.41, 5.74) is 2.19. The highest BCUT2D eigenvalue weighted by molar-refractivity contribution is 5.40. The third kappa shape index (κ3) is 1.73. The van der Waals surface area contributed by atoms with E-state index in [1.165, 1.54) is 0 Å². The van der Waals surface area contributed by atoms with Crippen molar-refractivity contribution in [2.75, 3.05) is 20.7 Å². The summed E-state index contributed by atoms with van der Waals surface area (Å²) in [6.07, 6.45) is -0.382. The number of hydrogen-bond acceptors (Lipinski definition) is 3. The number of rotatable bonds is 1. The minimum atomic E-state index is -0.382. The summed E-state index contributed by atoms with van der Waals surface area (Å²) in [5, 5.41) is 9.93.